The molecular formula is C10H11ClN2O2. The molecule has 0 spiro atoms. The number of hydrogen-bond donors (Lipinski definition) is 1. The van der Waals surface area contributed by atoms with Crippen molar-refractivity contribution in [2.45, 2.75) is 0 Å². The fraction of sp³-hybridized carbons (Fsp3) is 0.200. The SMILES string of the molecule is CN(C)C=Nc1c(O)ccc(Cl)c1C=O. The topological polar surface area (TPSA) is 52.9 Å². The number of carbonyl (C=O) groups excluding carboxylic acids is 1. The van der Waals surface area contributed by atoms with E-state index in [0.29, 0.717) is 6.29 Å². The molecule has 0 fully saturated rings. The summed E-state index contributed by atoms with van der Waals surface area (Å²) in [5.74, 6) is -0.0698. The third kappa shape index (κ3) is 2.70. The number of halogens is 1. The first-order valence-electron chi connectivity index (χ1n) is 4.23. The van der Waals surface area contributed by atoms with E-state index in [4.69, 9.17) is 11.6 Å². The summed E-state index contributed by atoms with van der Waals surface area (Å²) < 4.78 is 0. The van der Waals surface area contributed by atoms with Crippen molar-refractivity contribution in [3.8, 4) is 5.75 Å². The van der Waals surface area contributed by atoms with Crippen LogP contribution in [-0.4, -0.2) is 36.7 Å². The van der Waals surface area contributed by atoms with Crippen LogP contribution in [0.5, 0.6) is 5.75 Å². The zero-order valence-electron chi connectivity index (χ0n) is 8.44. The van der Waals surface area contributed by atoms with Gasteiger partial charge in [0, 0.05) is 14.1 Å². The number of aromatic hydroxyl groups is 1. The van der Waals surface area contributed by atoms with Crippen molar-refractivity contribution >= 4 is 29.9 Å². The van der Waals surface area contributed by atoms with Crippen LogP contribution in [0.1, 0.15) is 10.4 Å². The van der Waals surface area contributed by atoms with E-state index >= 15 is 0 Å². The van der Waals surface area contributed by atoms with Gasteiger partial charge in [-0.05, 0) is 12.1 Å². The average Bonchev–Trinajstić information content (AvgIpc) is 2.19. The molecule has 0 radical (unpaired) electrons. The Morgan fingerprint density at radius 2 is 2.13 bits per heavy atom. The first-order chi connectivity index (χ1) is 7.06. The van der Waals surface area contributed by atoms with Gasteiger partial charge < -0.3 is 10.0 Å². The fourth-order valence-corrected chi connectivity index (χ4v) is 1.19. The van der Waals surface area contributed by atoms with Crippen molar-refractivity contribution in [2.75, 3.05) is 14.1 Å². The second-order valence-electron chi connectivity index (χ2n) is 3.15. The molecule has 15 heavy (non-hydrogen) atoms. The molecule has 80 valence electrons. The minimum atomic E-state index is -0.0698. The maximum absolute atomic E-state index is 10.8. The van der Waals surface area contributed by atoms with Gasteiger partial charge in [0.25, 0.3) is 0 Å². The first-order valence-corrected chi connectivity index (χ1v) is 4.61. The van der Waals surface area contributed by atoms with Gasteiger partial charge in [-0.25, -0.2) is 4.99 Å². The van der Waals surface area contributed by atoms with E-state index in [9.17, 15) is 9.90 Å². The van der Waals surface area contributed by atoms with E-state index in [-0.39, 0.29) is 22.0 Å². The summed E-state index contributed by atoms with van der Waals surface area (Å²) in [6, 6.07) is 2.85. The molecule has 0 aliphatic heterocycles. The molecule has 1 aromatic rings. The normalized spacial score (nSPS) is 10.6. The standard InChI is InChI=1S/C10H11ClN2O2/c1-13(2)6-12-10-7(5-14)8(11)3-4-9(10)15/h3-6,15H,1-2H3. The number of benzene rings is 1. The molecule has 1 N–H and O–H groups in total. The van der Waals surface area contributed by atoms with Gasteiger partial charge >= 0.3 is 0 Å². The Morgan fingerprint density at radius 3 is 2.67 bits per heavy atom. The molecule has 0 unspecified atom stereocenters. The average molecular weight is 227 g/mol. The zero-order valence-corrected chi connectivity index (χ0v) is 9.19. The predicted octanol–water partition coefficient (Wildman–Crippen LogP) is 2.08. The minimum absolute atomic E-state index is 0.0698. The highest BCUT2D eigenvalue weighted by Crippen LogP contribution is 2.33. The number of carbonyl (C=O) groups is 1. The van der Waals surface area contributed by atoms with Gasteiger partial charge in [-0.3, -0.25) is 4.79 Å². The van der Waals surface area contributed by atoms with E-state index in [1.807, 2.05) is 0 Å². The molecule has 0 amide bonds. The maximum Gasteiger partial charge on any atom is 0.153 e. The predicted molar refractivity (Wildman–Crippen MR) is 60.3 cm³/mol. The summed E-state index contributed by atoms with van der Waals surface area (Å²) in [5.41, 5.74) is 0.376. The van der Waals surface area contributed by atoms with Gasteiger partial charge in [0.2, 0.25) is 0 Å². The first kappa shape index (κ1) is 11.5. The molecule has 0 atom stereocenters. The van der Waals surface area contributed by atoms with E-state index in [1.165, 1.54) is 18.5 Å². The van der Waals surface area contributed by atoms with Gasteiger partial charge in [0.05, 0.1) is 16.9 Å². The summed E-state index contributed by atoms with van der Waals surface area (Å²) in [6.45, 7) is 0. The number of hydrogen-bond acceptors (Lipinski definition) is 3. The highest BCUT2D eigenvalue weighted by atomic mass is 35.5. The van der Waals surface area contributed by atoms with E-state index in [1.54, 1.807) is 19.0 Å². The molecule has 0 aromatic heterocycles. The minimum Gasteiger partial charge on any atom is -0.506 e. The highest BCUT2D eigenvalue weighted by molar-refractivity contribution is 6.33. The summed E-state index contributed by atoms with van der Waals surface area (Å²) >= 11 is 5.79. The van der Waals surface area contributed by atoms with E-state index < -0.39 is 0 Å². The Balaban J connectivity index is 3.25. The summed E-state index contributed by atoms with van der Waals surface area (Å²) in [4.78, 5) is 16.4. The smallest absolute Gasteiger partial charge is 0.153 e. The Labute approximate surface area is 92.8 Å². The molecule has 0 saturated carbocycles. The molecule has 5 heteroatoms. The third-order valence-electron chi connectivity index (χ3n) is 1.68. The second kappa shape index (κ2) is 4.79. The van der Waals surface area contributed by atoms with Crippen LogP contribution in [0.25, 0.3) is 0 Å². The summed E-state index contributed by atoms with van der Waals surface area (Å²) in [5, 5.41) is 9.78. The van der Waals surface area contributed by atoms with Crippen molar-refractivity contribution in [2.24, 2.45) is 4.99 Å². The van der Waals surface area contributed by atoms with Crippen LogP contribution >= 0.6 is 11.6 Å². The Hall–Kier alpha value is -1.55. The Kier molecular flexibility index (Phi) is 3.68. The van der Waals surface area contributed by atoms with Gasteiger partial charge in [0.1, 0.15) is 11.4 Å². The van der Waals surface area contributed by atoms with Crippen LogP contribution < -0.4 is 0 Å². The highest BCUT2D eigenvalue weighted by Gasteiger charge is 2.09. The van der Waals surface area contributed by atoms with Crippen LogP contribution in [0.3, 0.4) is 0 Å². The largest absolute Gasteiger partial charge is 0.506 e. The number of aldehydes is 1. The van der Waals surface area contributed by atoms with Crippen molar-refractivity contribution in [1.29, 1.82) is 0 Å². The summed E-state index contributed by atoms with van der Waals surface area (Å²) in [7, 11) is 3.57. The van der Waals surface area contributed by atoms with Crippen molar-refractivity contribution in [3.05, 3.63) is 22.7 Å². The molecule has 0 heterocycles. The maximum atomic E-state index is 10.8. The lowest BCUT2D eigenvalue weighted by molar-refractivity contribution is 0.112. The number of nitrogens with zero attached hydrogens (tertiary/aromatic N) is 2. The van der Waals surface area contributed by atoms with Crippen LogP contribution in [0.2, 0.25) is 5.02 Å². The number of phenols is 1. The quantitative estimate of drug-likeness (QED) is 0.488. The molecule has 0 aliphatic rings. The molecule has 0 saturated heterocycles. The lowest BCUT2D eigenvalue weighted by Crippen LogP contribution is -2.07. The Morgan fingerprint density at radius 1 is 1.47 bits per heavy atom. The van der Waals surface area contributed by atoms with Gasteiger partial charge in [-0.15, -0.1) is 0 Å². The van der Waals surface area contributed by atoms with Crippen molar-refractivity contribution in [3.63, 3.8) is 0 Å². The lowest BCUT2D eigenvalue weighted by Gasteiger charge is -2.06. The second-order valence-corrected chi connectivity index (χ2v) is 3.56. The molecular weight excluding hydrogens is 216 g/mol. The molecule has 0 aliphatic carbocycles. The van der Waals surface area contributed by atoms with Gasteiger partial charge in [0.15, 0.2) is 6.29 Å². The van der Waals surface area contributed by atoms with Crippen LogP contribution in [-0.2, 0) is 0 Å². The molecule has 1 rings (SSSR count). The van der Waals surface area contributed by atoms with Crippen LogP contribution in [0.15, 0.2) is 17.1 Å². The van der Waals surface area contributed by atoms with Crippen LogP contribution in [0.4, 0.5) is 5.69 Å². The lowest BCUT2D eigenvalue weighted by atomic mass is 10.2. The van der Waals surface area contributed by atoms with Gasteiger partial charge in [-0.2, -0.15) is 0 Å². The third-order valence-corrected chi connectivity index (χ3v) is 2.01. The number of phenolic OH excluding ortho intramolecular Hbond substituents is 1. The number of rotatable bonds is 3. The van der Waals surface area contributed by atoms with E-state index in [2.05, 4.69) is 4.99 Å². The van der Waals surface area contributed by atoms with E-state index in [0.717, 1.165) is 0 Å². The number of aliphatic imine (C=N–C) groups is 1. The zero-order chi connectivity index (χ0) is 11.4. The Bertz CT molecular complexity index is 403. The van der Waals surface area contributed by atoms with Crippen molar-refractivity contribution in [1.82, 2.24) is 4.90 Å². The summed E-state index contributed by atoms with van der Waals surface area (Å²) in [6.07, 6.45) is 2.06. The van der Waals surface area contributed by atoms with Gasteiger partial charge in [-0.1, -0.05) is 11.6 Å². The van der Waals surface area contributed by atoms with Crippen LogP contribution in [0, 0.1) is 0 Å². The fourth-order valence-electron chi connectivity index (χ4n) is 0.993. The molecule has 0 bridgehead atoms. The molecule has 1 aromatic carbocycles. The molecule has 4 nitrogen and oxygen atoms in total. The monoisotopic (exact) mass is 226 g/mol. The van der Waals surface area contributed by atoms with Crippen molar-refractivity contribution < 1.29 is 9.90 Å².